The first-order chi connectivity index (χ1) is 7.86. The van der Waals surface area contributed by atoms with Crippen LogP contribution in [0.4, 0.5) is 5.82 Å². The van der Waals surface area contributed by atoms with Crippen LogP contribution >= 0.6 is 0 Å². The molecule has 0 aliphatic heterocycles. The SMILES string of the molecule is CNc1ncnc(-c2cccnc2)c1OC. The van der Waals surface area contributed by atoms with Crippen molar-refractivity contribution in [2.24, 2.45) is 0 Å². The predicted molar refractivity (Wildman–Crippen MR) is 61.4 cm³/mol. The van der Waals surface area contributed by atoms with E-state index < -0.39 is 0 Å². The molecule has 82 valence electrons. The molecule has 5 heteroatoms. The Hall–Kier alpha value is -2.17. The Kier molecular flexibility index (Phi) is 2.95. The van der Waals surface area contributed by atoms with Gasteiger partial charge in [0, 0.05) is 25.0 Å². The molecule has 0 bridgehead atoms. The van der Waals surface area contributed by atoms with Crippen molar-refractivity contribution in [1.82, 2.24) is 15.0 Å². The van der Waals surface area contributed by atoms with Crippen molar-refractivity contribution in [3.63, 3.8) is 0 Å². The van der Waals surface area contributed by atoms with E-state index in [9.17, 15) is 0 Å². The summed E-state index contributed by atoms with van der Waals surface area (Å²) >= 11 is 0. The van der Waals surface area contributed by atoms with E-state index in [-0.39, 0.29) is 0 Å². The van der Waals surface area contributed by atoms with Gasteiger partial charge in [0.15, 0.2) is 11.6 Å². The first kappa shape index (κ1) is 10.4. The van der Waals surface area contributed by atoms with Crippen LogP contribution in [0.5, 0.6) is 5.75 Å². The molecule has 0 spiro atoms. The molecule has 0 aromatic carbocycles. The summed E-state index contributed by atoms with van der Waals surface area (Å²) in [6.45, 7) is 0. The normalized spacial score (nSPS) is 9.88. The van der Waals surface area contributed by atoms with Gasteiger partial charge in [0.2, 0.25) is 0 Å². The van der Waals surface area contributed by atoms with Crippen LogP contribution in [0, 0.1) is 0 Å². The van der Waals surface area contributed by atoms with Crippen LogP contribution in [0.25, 0.3) is 11.3 Å². The monoisotopic (exact) mass is 216 g/mol. The standard InChI is InChI=1S/C11H12N4O/c1-12-11-10(16-2)9(14-7-15-11)8-4-3-5-13-6-8/h3-7H,1-2H3,(H,12,14,15). The summed E-state index contributed by atoms with van der Waals surface area (Å²) in [7, 11) is 3.39. The quantitative estimate of drug-likeness (QED) is 0.844. The minimum absolute atomic E-state index is 0.623. The molecule has 0 aliphatic rings. The molecule has 0 saturated heterocycles. The highest BCUT2D eigenvalue weighted by Crippen LogP contribution is 2.31. The molecule has 2 aromatic heterocycles. The molecule has 2 aromatic rings. The van der Waals surface area contributed by atoms with E-state index in [1.807, 2.05) is 12.1 Å². The molecule has 0 saturated carbocycles. The molecule has 0 aliphatic carbocycles. The largest absolute Gasteiger partial charge is 0.491 e. The van der Waals surface area contributed by atoms with Crippen molar-refractivity contribution in [3.05, 3.63) is 30.9 Å². The van der Waals surface area contributed by atoms with Crippen molar-refractivity contribution in [1.29, 1.82) is 0 Å². The van der Waals surface area contributed by atoms with Crippen LogP contribution in [0.15, 0.2) is 30.9 Å². The molecule has 0 fully saturated rings. The van der Waals surface area contributed by atoms with Gasteiger partial charge in [-0.3, -0.25) is 4.98 Å². The van der Waals surface area contributed by atoms with E-state index >= 15 is 0 Å². The van der Waals surface area contributed by atoms with Gasteiger partial charge < -0.3 is 10.1 Å². The maximum Gasteiger partial charge on any atom is 0.187 e. The molecule has 2 heterocycles. The number of aromatic nitrogens is 3. The number of rotatable bonds is 3. The van der Waals surface area contributed by atoms with Gasteiger partial charge in [0.1, 0.15) is 12.0 Å². The number of hydrogen-bond acceptors (Lipinski definition) is 5. The lowest BCUT2D eigenvalue weighted by Crippen LogP contribution is -2.00. The van der Waals surface area contributed by atoms with Crippen LogP contribution < -0.4 is 10.1 Å². The summed E-state index contributed by atoms with van der Waals surface area (Å²) in [6, 6.07) is 3.78. The van der Waals surface area contributed by atoms with Gasteiger partial charge in [0.05, 0.1) is 7.11 Å². The maximum absolute atomic E-state index is 5.31. The number of nitrogens with one attached hydrogen (secondary N) is 1. The zero-order valence-corrected chi connectivity index (χ0v) is 9.14. The fraction of sp³-hybridized carbons (Fsp3) is 0.182. The van der Waals surface area contributed by atoms with E-state index in [0.717, 1.165) is 11.3 Å². The third-order valence-electron chi connectivity index (χ3n) is 2.18. The fourth-order valence-electron chi connectivity index (χ4n) is 1.45. The highest BCUT2D eigenvalue weighted by molar-refractivity contribution is 5.71. The van der Waals surface area contributed by atoms with Crippen LogP contribution in [0.2, 0.25) is 0 Å². The van der Waals surface area contributed by atoms with Gasteiger partial charge in [-0.2, -0.15) is 0 Å². The number of hydrogen-bond donors (Lipinski definition) is 1. The predicted octanol–water partition coefficient (Wildman–Crippen LogP) is 1.59. The van der Waals surface area contributed by atoms with Gasteiger partial charge in [-0.05, 0) is 12.1 Å². The highest BCUT2D eigenvalue weighted by atomic mass is 16.5. The second kappa shape index (κ2) is 4.57. The van der Waals surface area contributed by atoms with Gasteiger partial charge in [-0.1, -0.05) is 0 Å². The average molecular weight is 216 g/mol. The number of nitrogens with zero attached hydrogens (tertiary/aromatic N) is 3. The topological polar surface area (TPSA) is 59.9 Å². The highest BCUT2D eigenvalue weighted by Gasteiger charge is 2.12. The molecule has 0 unspecified atom stereocenters. The maximum atomic E-state index is 5.31. The Morgan fingerprint density at radius 2 is 2.19 bits per heavy atom. The summed E-state index contributed by atoms with van der Waals surface area (Å²) < 4.78 is 5.31. The van der Waals surface area contributed by atoms with Gasteiger partial charge in [-0.25, -0.2) is 9.97 Å². The zero-order chi connectivity index (χ0) is 11.4. The third-order valence-corrected chi connectivity index (χ3v) is 2.18. The lowest BCUT2D eigenvalue weighted by atomic mass is 10.2. The van der Waals surface area contributed by atoms with Crippen LogP contribution in [-0.2, 0) is 0 Å². The molecule has 5 nitrogen and oxygen atoms in total. The average Bonchev–Trinajstić information content (AvgIpc) is 2.38. The minimum Gasteiger partial charge on any atom is -0.491 e. The van der Waals surface area contributed by atoms with E-state index in [1.165, 1.54) is 6.33 Å². The minimum atomic E-state index is 0.623. The second-order valence-corrected chi connectivity index (χ2v) is 3.10. The van der Waals surface area contributed by atoms with Gasteiger partial charge in [0.25, 0.3) is 0 Å². The van der Waals surface area contributed by atoms with E-state index in [2.05, 4.69) is 20.3 Å². The zero-order valence-electron chi connectivity index (χ0n) is 9.14. The number of anilines is 1. The molecular formula is C11H12N4O. The molecule has 0 radical (unpaired) electrons. The number of pyridine rings is 1. The fourth-order valence-corrected chi connectivity index (χ4v) is 1.45. The van der Waals surface area contributed by atoms with Gasteiger partial charge >= 0.3 is 0 Å². The van der Waals surface area contributed by atoms with Crippen molar-refractivity contribution >= 4 is 5.82 Å². The Balaban J connectivity index is 2.57. The molecule has 0 atom stereocenters. The van der Waals surface area contributed by atoms with Gasteiger partial charge in [-0.15, -0.1) is 0 Å². The van der Waals surface area contributed by atoms with E-state index in [0.29, 0.717) is 11.6 Å². The number of ether oxygens (including phenoxy) is 1. The molecule has 1 N–H and O–H groups in total. The summed E-state index contributed by atoms with van der Waals surface area (Å²) in [5.74, 6) is 1.29. The van der Waals surface area contributed by atoms with E-state index in [1.54, 1.807) is 26.6 Å². The van der Waals surface area contributed by atoms with Crippen LogP contribution in [-0.4, -0.2) is 29.1 Å². The van der Waals surface area contributed by atoms with Crippen molar-refractivity contribution in [2.75, 3.05) is 19.5 Å². The summed E-state index contributed by atoms with van der Waals surface area (Å²) in [5.41, 5.74) is 1.63. The Morgan fingerprint density at radius 3 is 2.81 bits per heavy atom. The third kappa shape index (κ3) is 1.79. The van der Waals surface area contributed by atoms with E-state index in [4.69, 9.17) is 4.74 Å². The first-order valence-electron chi connectivity index (χ1n) is 4.84. The Labute approximate surface area is 93.5 Å². The Morgan fingerprint density at radius 1 is 1.31 bits per heavy atom. The first-order valence-corrected chi connectivity index (χ1v) is 4.84. The number of methoxy groups -OCH3 is 1. The molecule has 0 amide bonds. The van der Waals surface area contributed by atoms with Crippen LogP contribution in [0.1, 0.15) is 0 Å². The second-order valence-electron chi connectivity index (χ2n) is 3.10. The van der Waals surface area contributed by atoms with Crippen molar-refractivity contribution in [3.8, 4) is 17.0 Å². The summed E-state index contributed by atoms with van der Waals surface area (Å²) in [6.07, 6.45) is 4.96. The molecular weight excluding hydrogens is 204 g/mol. The lowest BCUT2D eigenvalue weighted by Gasteiger charge is -2.10. The van der Waals surface area contributed by atoms with Crippen molar-refractivity contribution in [2.45, 2.75) is 0 Å². The Bertz CT molecular complexity index is 473. The summed E-state index contributed by atoms with van der Waals surface area (Å²) in [5, 5.41) is 2.96. The summed E-state index contributed by atoms with van der Waals surface area (Å²) in [4.78, 5) is 12.4. The van der Waals surface area contributed by atoms with Crippen LogP contribution in [0.3, 0.4) is 0 Å². The molecule has 16 heavy (non-hydrogen) atoms. The smallest absolute Gasteiger partial charge is 0.187 e. The lowest BCUT2D eigenvalue weighted by molar-refractivity contribution is 0.415. The van der Waals surface area contributed by atoms with Crippen molar-refractivity contribution < 1.29 is 4.74 Å². The molecule has 2 rings (SSSR count).